The molecule has 0 fully saturated rings. The van der Waals surface area contributed by atoms with E-state index >= 15 is 0 Å². The van der Waals surface area contributed by atoms with Crippen LogP contribution in [0.3, 0.4) is 0 Å². The second kappa shape index (κ2) is 4.51. The lowest BCUT2D eigenvalue weighted by molar-refractivity contribution is -0.116. The van der Waals surface area contributed by atoms with Gasteiger partial charge in [-0.3, -0.25) is 4.79 Å². The fraction of sp³-hybridized carbons (Fsp3) is 0.222. The molecule has 0 aromatic heterocycles. The van der Waals surface area contributed by atoms with E-state index in [9.17, 15) is 4.79 Å². The average Bonchev–Trinajstić information content (AvgIpc) is 2.06. The van der Waals surface area contributed by atoms with Crippen LogP contribution in [-0.2, 0) is 4.79 Å². The monoisotopic (exact) mass is 163 g/mol. The number of amides is 1. The summed E-state index contributed by atoms with van der Waals surface area (Å²) in [5.41, 5.74) is 6.00. The van der Waals surface area contributed by atoms with E-state index in [-0.39, 0.29) is 5.91 Å². The van der Waals surface area contributed by atoms with Gasteiger partial charge in [-0.2, -0.15) is 0 Å². The molecule has 0 atom stereocenters. The molecule has 1 amide bonds. The number of carbonyl (C=O) groups excluding carboxylic acids is 1. The normalized spacial score (nSPS) is 9.42. The third-order valence-electron chi connectivity index (χ3n) is 1.37. The first-order chi connectivity index (χ1) is 5.83. The van der Waals surface area contributed by atoms with Gasteiger partial charge in [-0.05, 0) is 18.2 Å². The van der Waals surface area contributed by atoms with Crippen molar-refractivity contribution < 1.29 is 4.79 Å². The van der Waals surface area contributed by atoms with Crippen molar-refractivity contribution in [2.45, 2.75) is 6.42 Å². The quantitative estimate of drug-likeness (QED) is 0.691. The molecule has 0 spiro atoms. The predicted molar refractivity (Wildman–Crippen MR) is 47.6 cm³/mol. The molecule has 0 unspecified atom stereocenters. The lowest BCUT2D eigenvalue weighted by atomic mass is 10.3. The number of hydrogen-bond donors (Lipinski definition) is 2. The van der Waals surface area contributed by atoms with Crippen molar-refractivity contribution in [1.29, 1.82) is 0 Å². The van der Waals surface area contributed by atoms with Gasteiger partial charge in [-0.25, -0.2) is 0 Å². The Hall–Kier alpha value is -1.35. The molecule has 0 saturated heterocycles. The van der Waals surface area contributed by atoms with Crippen molar-refractivity contribution in [2.24, 2.45) is 5.73 Å². The second-order valence-electron chi connectivity index (χ2n) is 2.38. The lowest BCUT2D eigenvalue weighted by Crippen LogP contribution is -2.15. The summed E-state index contributed by atoms with van der Waals surface area (Å²) < 4.78 is 0. The number of nitrogens with two attached hydrogens (primary N) is 1. The van der Waals surface area contributed by atoms with Crippen LogP contribution >= 0.6 is 0 Å². The summed E-state index contributed by atoms with van der Waals surface area (Å²) in [6.07, 6.45) is 0.360. The van der Waals surface area contributed by atoms with Crippen molar-refractivity contribution >= 4 is 11.6 Å². The van der Waals surface area contributed by atoms with Gasteiger partial charge in [0.2, 0.25) is 5.91 Å². The summed E-state index contributed by atoms with van der Waals surface area (Å²) in [4.78, 5) is 11.0. The van der Waals surface area contributed by atoms with E-state index in [1.165, 1.54) is 0 Å². The zero-order chi connectivity index (χ0) is 8.81. The number of anilines is 1. The van der Waals surface area contributed by atoms with E-state index in [1.54, 1.807) is 24.3 Å². The molecule has 0 saturated carbocycles. The zero-order valence-electron chi connectivity index (χ0n) is 6.71. The van der Waals surface area contributed by atoms with Gasteiger partial charge in [0.25, 0.3) is 0 Å². The number of nitrogens with one attached hydrogen (secondary N) is 1. The first kappa shape index (κ1) is 8.74. The molecule has 1 radical (unpaired) electrons. The minimum atomic E-state index is -0.0521. The van der Waals surface area contributed by atoms with Crippen molar-refractivity contribution in [2.75, 3.05) is 11.9 Å². The summed E-state index contributed by atoms with van der Waals surface area (Å²) in [6.45, 7) is 0.380. The molecular weight excluding hydrogens is 152 g/mol. The van der Waals surface area contributed by atoms with Crippen LogP contribution in [0.2, 0.25) is 0 Å². The molecule has 12 heavy (non-hydrogen) atoms. The van der Waals surface area contributed by atoms with Gasteiger partial charge in [-0.15, -0.1) is 0 Å². The van der Waals surface area contributed by atoms with Crippen molar-refractivity contribution in [3.63, 3.8) is 0 Å². The number of hydrogen-bond acceptors (Lipinski definition) is 2. The Kier molecular flexibility index (Phi) is 3.29. The standard InChI is InChI=1S/C9H11N2O/c10-7-6-9(12)11-8-4-2-1-3-5-8/h2-5H,6-7,10H2,(H,11,12). The third kappa shape index (κ3) is 2.72. The van der Waals surface area contributed by atoms with Crippen LogP contribution < -0.4 is 11.1 Å². The largest absolute Gasteiger partial charge is 0.330 e. The van der Waals surface area contributed by atoms with Gasteiger partial charge in [0.05, 0.1) is 0 Å². The molecule has 0 heterocycles. The van der Waals surface area contributed by atoms with Crippen molar-refractivity contribution in [3.05, 3.63) is 30.3 Å². The third-order valence-corrected chi connectivity index (χ3v) is 1.37. The molecule has 0 aliphatic carbocycles. The Morgan fingerprint density at radius 2 is 2.17 bits per heavy atom. The van der Waals surface area contributed by atoms with Crippen LogP contribution in [0, 0.1) is 6.07 Å². The molecule has 3 heteroatoms. The molecular formula is C9H11N2O. The topological polar surface area (TPSA) is 55.1 Å². The van der Waals surface area contributed by atoms with E-state index < -0.39 is 0 Å². The number of carbonyl (C=O) groups is 1. The molecule has 0 aliphatic heterocycles. The smallest absolute Gasteiger partial charge is 0.225 e. The molecule has 1 aromatic rings. The summed E-state index contributed by atoms with van der Waals surface area (Å²) in [6, 6.07) is 9.93. The maximum Gasteiger partial charge on any atom is 0.225 e. The second-order valence-corrected chi connectivity index (χ2v) is 2.38. The van der Waals surface area contributed by atoms with Crippen LogP contribution in [0.1, 0.15) is 6.42 Å². The van der Waals surface area contributed by atoms with Crippen LogP contribution in [0.5, 0.6) is 0 Å². The zero-order valence-corrected chi connectivity index (χ0v) is 6.71. The van der Waals surface area contributed by atoms with Gasteiger partial charge in [0.15, 0.2) is 0 Å². The van der Waals surface area contributed by atoms with Crippen LogP contribution in [0.25, 0.3) is 0 Å². The molecule has 1 aromatic carbocycles. The minimum absolute atomic E-state index is 0.0521. The Morgan fingerprint density at radius 1 is 1.50 bits per heavy atom. The lowest BCUT2D eigenvalue weighted by Gasteiger charge is -2.02. The maximum atomic E-state index is 11.0. The van der Waals surface area contributed by atoms with Gasteiger partial charge in [0, 0.05) is 18.7 Å². The highest BCUT2D eigenvalue weighted by Gasteiger charge is 1.98. The first-order valence-electron chi connectivity index (χ1n) is 3.79. The molecule has 0 aliphatic rings. The molecule has 3 nitrogen and oxygen atoms in total. The van der Waals surface area contributed by atoms with Crippen LogP contribution in [0.4, 0.5) is 5.69 Å². The molecule has 0 bridgehead atoms. The van der Waals surface area contributed by atoms with Gasteiger partial charge in [0.1, 0.15) is 0 Å². The van der Waals surface area contributed by atoms with Crippen molar-refractivity contribution in [1.82, 2.24) is 0 Å². The predicted octanol–water partition coefficient (Wildman–Crippen LogP) is 0.774. The van der Waals surface area contributed by atoms with E-state index in [0.717, 1.165) is 5.69 Å². The Balaban J connectivity index is 2.47. The van der Waals surface area contributed by atoms with Crippen LogP contribution in [0.15, 0.2) is 24.3 Å². The Bertz CT molecular complexity index is 246. The number of benzene rings is 1. The summed E-state index contributed by atoms with van der Waals surface area (Å²) in [5, 5.41) is 2.70. The molecule has 3 N–H and O–H groups in total. The minimum Gasteiger partial charge on any atom is -0.330 e. The van der Waals surface area contributed by atoms with E-state index in [2.05, 4.69) is 11.4 Å². The highest BCUT2D eigenvalue weighted by atomic mass is 16.1. The van der Waals surface area contributed by atoms with E-state index in [4.69, 9.17) is 5.73 Å². The Morgan fingerprint density at radius 3 is 2.75 bits per heavy atom. The molecule has 63 valence electrons. The van der Waals surface area contributed by atoms with Gasteiger partial charge < -0.3 is 11.1 Å². The van der Waals surface area contributed by atoms with Crippen LogP contribution in [-0.4, -0.2) is 12.5 Å². The van der Waals surface area contributed by atoms with E-state index in [0.29, 0.717) is 13.0 Å². The summed E-state index contributed by atoms with van der Waals surface area (Å²) in [7, 11) is 0. The highest BCUT2D eigenvalue weighted by molar-refractivity contribution is 5.90. The SMILES string of the molecule is NCCC(=O)Nc1cc[c]cc1. The average molecular weight is 163 g/mol. The Labute approximate surface area is 71.6 Å². The number of rotatable bonds is 3. The maximum absolute atomic E-state index is 11.0. The fourth-order valence-corrected chi connectivity index (χ4v) is 0.825. The summed E-state index contributed by atoms with van der Waals surface area (Å²) in [5.74, 6) is -0.0521. The molecule has 1 rings (SSSR count). The van der Waals surface area contributed by atoms with Crippen molar-refractivity contribution in [3.8, 4) is 0 Å². The summed E-state index contributed by atoms with van der Waals surface area (Å²) >= 11 is 0. The fourth-order valence-electron chi connectivity index (χ4n) is 0.825. The highest BCUT2D eigenvalue weighted by Crippen LogP contribution is 2.04. The van der Waals surface area contributed by atoms with Gasteiger partial charge >= 0.3 is 0 Å². The van der Waals surface area contributed by atoms with Gasteiger partial charge in [-0.1, -0.05) is 12.1 Å². The van der Waals surface area contributed by atoms with E-state index in [1.807, 2.05) is 0 Å². The first-order valence-corrected chi connectivity index (χ1v) is 3.79.